The predicted molar refractivity (Wildman–Crippen MR) is 59.7 cm³/mol. The molecule has 0 spiro atoms. The SMILES string of the molecule is CC(COc1ccc(N)c(Cl)c1)C(N)=O. The molecule has 0 radical (unpaired) electrons. The Morgan fingerprint density at radius 2 is 2.27 bits per heavy atom. The van der Waals surface area contributed by atoms with Crippen LogP contribution in [0.2, 0.25) is 5.02 Å². The number of amides is 1. The van der Waals surface area contributed by atoms with Gasteiger partial charge in [0.25, 0.3) is 0 Å². The fraction of sp³-hybridized carbons (Fsp3) is 0.300. The Labute approximate surface area is 93.1 Å². The molecule has 0 aromatic heterocycles. The lowest BCUT2D eigenvalue weighted by Crippen LogP contribution is -2.25. The van der Waals surface area contributed by atoms with Crippen LogP contribution in [0.1, 0.15) is 6.92 Å². The van der Waals surface area contributed by atoms with Crippen LogP contribution in [0.5, 0.6) is 5.75 Å². The number of carbonyl (C=O) groups is 1. The number of anilines is 1. The van der Waals surface area contributed by atoms with Crippen LogP contribution in [0.4, 0.5) is 5.69 Å². The van der Waals surface area contributed by atoms with Gasteiger partial charge in [-0.2, -0.15) is 0 Å². The number of primary amides is 1. The number of nitrogens with two attached hydrogens (primary N) is 2. The molecular weight excluding hydrogens is 216 g/mol. The van der Waals surface area contributed by atoms with Crippen molar-refractivity contribution in [1.29, 1.82) is 0 Å². The van der Waals surface area contributed by atoms with E-state index < -0.39 is 5.91 Å². The topological polar surface area (TPSA) is 78.3 Å². The molecule has 4 nitrogen and oxygen atoms in total. The zero-order chi connectivity index (χ0) is 11.4. The Bertz CT molecular complexity index is 368. The maximum atomic E-state index is 10.7. The number of hydrogen-bond donors (Lipinski definition) is 2. The lowest BCUT2D eigenvalue weighted by Gasteiger charge is -2.10. The highest BCUT2D eigenvalue weighted by Crippen LogP contribution is 2.24. The summed E-state index contributed by atoms with van der Waals surface area (Å²) in [6, 6.07) is 4.94. The summed E-state index contributed by atoms with van der Waals surface area (Å²) >= 11 is 5.80. The van der Waals surface area contributed by atoms with Crippen molar-refractivity contribution >= 4 is 23.2 Å². The zero-order valence-corrected chi connectivity index (χ0v) is 9.12. The molecule has 82 valence electrons. The van der Waals surface area contributed by atoms with Crippen molar-refractivity contribution in [3.05, 3.63) is 23.2 Å². The van der Waals surface area contributed by atoms with Gasteiger partial charge in [-0.05, 0) is 12.1 Å². The number of hydrogen-bond acceptors (Lipinski definition) is 3. The van der Waals surface area contributed by atoms with Crippen molar-refractivity contribution in [1.82, 2.24) is 0 Å². The smallest absolute Gasteiger partial charge is 0.223 e. The molecule has 4 N–H and O–H groups in total. The molecule has 1 amide bonds. The van der Waals surface area contributed by atoms with E-state index >= 15 is 0 Å². The van der Waals surface area contributed by atoms with E-state index in [2.05, 4.69) is 0 Å². The molecule has 1 atom stereocenters. The Balaban J connectivity index is 2.58. The van der Waals surface area contributed by atoms with Crippen molar-refractivity contribution in [2.24, 2.45) is 11.7 Å². The molecule has 0 aliphatic carbocycles. The highest BCUT2D eigenvalue weighted by molar-refractivity contribution is 6.33. The van der Waals surface area contributed by atoms with Gasteiger partial charge >= 0.3 is 0 Å². The monoisotopic (exact) mass is 228 g/mol. The number of ether oxygens (including phenoxy) is 1. The molecule has 0 bridgehead atoms. The number of rotatable bonds is 4. The molecule has 1 aromatic rings. The maximum Gasteiger partial charge on any atom is 0.223 e. The van der Waals surface area contributed by atoms with Gasteiger partial charge in [0.1, 0.15) is 5.75 Å². The Morgan fingerprint density at radius 3 is 2.80 bits per heavy atom. The first-order chi connectivity index (χ1) is 7.00. The third-order valence-electron chi connectivity index (χ3n) is 1.96. The van der Waals surface area contributed by atoms with Crippen molar-refractivity contribution in [3.63, 3.8) is 0 Å². The minimum Gasteiger partial charge on any atom is -0.493 e. The van der Waals surface area contributed by atoms with E-state index in [9.17, 15) is 4.79 Å². The van der Waals surface area contributed by atoms with E-state index in [1.54, 1.807) is 25.1 Å². The van der Waals surface area contributed by atoms with Crippen molar-refractivity contribution in [2.45, 2.75) is 6.92 Å². The van der Waals surface area contributed by atoms with Crippen molar-refractivity contribution < 1.29 is 9.53 Å². The van der Waals surface area contributed by atoms with Gasteiger partial charge in [0, 0.05) is 6.07 Å². The Hall–Kier alpha value is -1.42. The molecule has 0 saturated carbocycles. The average molecular weight is 229 g/mol. The van der Waals surface area contributed by atoms with E-state index in [-0.39, 0.29) is 12.5 Å². The summed E-state index contributed by atoms with van der Waals surface area (Å²) in [7, 11) is 0. The standard InChI is InChI=1S/C10H13ClN2O2/c1-6(10(13)14)5-15-7-2-3-9(12)8(11)4-7/h2-4,6H,5,12H2,1H3,(H2,13,14). The van der Waals surface area contributed by atoms with Crippen LogP contribution >= 0.6 is 11.6 Å². The highest BCUT2D eigenvalue weighted by atomic mass is 35.5. The zero-order valence-electron chi connectivity index (χ0n) is 8.37. The summed E-state index contributed by atoms with van der Waals surface area (Å²) in [5, 5.41) is 0.430. The second kappa shape index (κ2) is 4.89. The molecule has 1 aromatic carbocycles. The molecule has 5 heteroatoms. The van der Waals surface area contributed by atoms with Crippen LogP contribution in [-0.4, -0.2) is 12.5 Å². The van der Waals surface area contributed by atoms with Crippen LogP contribution in [0.3, 0.4) is 0 Å². The Morgan fingerprint density at radius 1 is 1.60 bits per heavy atom. The van der Waals surface area contributed by atoms with Crippen LogP contribution in [0.25, 0.3) is 0 Å². The molecule has 0 saturated heterocycles. The second-order valence-electron chi connectivity index (χ2n) is 3.30. The summed E-state index contributed by atoms with van der Waals surface area (Å²) in [6.45, 7) is 1.93. The first-order valence-electron chi connectivity index (χ1n) is 4.48. The first-order valence-corrected chi connectivity index (χ1v) is 4.85. The first kappa shape index (κ1) is 11.7. The molecule has 0 aliphatic rings. The molecule has 15 heavy (non-hydrogen) atoms. The van der Waals surface area contributed by atoms with Crippen molar-refractivity contribution in [3.8, 4) is 5.75 Å². The highest BCUT2D eigenvalue weighted by Gasteiger charge is 2.09. The summed E-state index contributed by atoms with van der Waals surface area (Å²) in [5.41, 5.74) is 11.1. The second-order valence-corrected chi connectivity index (χ2v) is 3.70. The van der Waals surface area contributed by atoms with E-state index in [4.69, 9.17) is 27.8 Å². The lowest BCUT2D eigenvalue weighted by molar-refractivity contribution is -0.122. The van der Waals surface area contributed by atoms with Gasteiger partial charge in [0.15, 0.2) is 0 Å². The lowest BCUT2D eigenvalue weighted by atomic mass is 10.2. The molecule has 1 unspecified atom stereocenters. The quantitative estimate of drug-likeness (QED) is 0.765. The molecule has 1 rings (SSSR count). The number of nitrogen functional groups attached to an aromatic ring is 1. The summed E-state index contributed by atoms with van der Waals surface area (Å²) in [5.74, 6) is -0.153. The van der Waals surface area contributed by atoms with Gasteiger partial charge in [-0.15, -0.1) is 0 Å². The Kier molecular flexibility index (Phi) is 3.80. The van der Waals surface area contributed by atoms with Gasteiger partial charge in [0.2, 0.25) is 5.91 Å². The minimum atomic E-state index is -0.392. The van der Waals surface area contributed by atoms with E-state index in [0.717, 1.165) is 0 Å². The van der Waals surface area contributed by atoms with Gasteiger partial charge in [-0.3, -0.25) is 4.79 Å². The van der Waals surface area contributed by atoms with Gasteiger partial charge in [-0.1, -0.05) is 18.5 Å². The minimum absolute atomic E-state index is 0.232. The predicted octanol–water partition coefficient (Wildman–Crippen LogP) is 1.42. The van der Waals surface area contributed by atoms with E-state index in [1.165, 1.54) is 0 Å². The van der Waals surface area contributed by atoms with E-state index in [1.807, 2.05) is 0 Å². The number of carbonyl (C=O) groups excluding carboxylic acids is 1. The normalized spacial score (nSPS) is 12.1. The fourth-order valence-corrected chi connectivity index (χ4v) is 1.07. The molecule has 0 aliphatic heterocycles. The third-order valence-corrected chi connectivity index (χ3v) is 2.28. The largest absolute Gasteiger partial charge is 0.493 e. The van der Waals surface area contributed by atoms with Crippen molar-refractivity contribution in [2.75, 3.05) is 12.3 Å². The molecule has 0 fully saturated rings. The molecular formula is C10H13ClN2O2. The van der Waals surface area contributed by atoms with Crippen LogP contribution in [0, 0.1) is 5.92 Å². The van der Waals surface area contributed by atoms with Gasteiger partial charge < -0.3 is 16.2 Å². The van der Waals surface area contributed by atoms with Crippen LogP contribution in [0.15, 0.2) is 18.2 Å². The molecule has 0 heterocycles. The van der Waals surface area contributed by atoms with Crippen LogP contribution in [-0.2, 0) is 4.79 Å². The summed E-state index contributed by atoms with van der Waals surface area (Å²) in [6.07, 6.45) is 0. The number of halogens is 1. The summed E-state index contributed by atoms with van der Waals surface area (Å²) in [4.78, 5) is 10.7. The van der Waals surface area contributed by atoms with Gasteiger partial charge in [-0.25, -0.2) is 0 Å². The van der Waals surface area contributed by atoms with Gasteiger partial charge in [0.05, 0.1) is 23.2 Å². The summed E-state index contributed by atoms with van der Waals surface area (Å²) < 4.78 is 5.32. The maximum absolute atomic E-state index is 10.7. The third kappa shape index (κ3) is 3.32. The van der Waals surface area contributed by atoms with Crippen LogP contribution < -0.4 is 16.2 Å². The average Bonchev–Trinajstić information content (AvgIpc) is 2.19. The fourth-order valence-electron chi connectivity index (χ4n) is 0.901. The number of benzene rings is 1. The van der Waals surface area contributed by atoms with E-state index in [0.29, 0.717) is 16.5 Å².